The second kappa shape index (κ2) is 15.2. The minimum atomic E-state index is -0.685. The molecule has 0 aliphatic carbocycles. The maximum Gasteiger partial charge on any atom is 0.255 e. The minimum Gasteiger partial charge on any atom is -0.491 e. The van der Waals surface area contributed by atoms with Crippen molar-refractivity contribution < 1.29 is 23.9 Å². The van der Waals surface area contributed by atoms with Gasteiger partial charge in [0.2, 0.25) is 17.7 Å². The molecule has 2 aromatic carbocycles. The number of aryl methyl sites for hydroxylation is 1. The van der Waals surface area contributed by atoms with Crippen LogP contribution in [0.15, 0.2) is 60.7 Å². The number of benzene rings is 2. The number of nitrogens with one attached hydrogen (secondary N) is 4. The summed E-state index contributed by atoms with van der Waals surface area (Å²) in [5, 5.41) is 11.7. The molecule has 2 aliphatic rings. The van der Waals surface area contributed by atoms with Crippen molar-refractivity contribution in [3.63, 3.8) is 0 Å². The van der Waals surface area contributed by atoms with Crippen LogP contribution in [0.25, 0.3) is 0 Å². The Hall–Kier alpha value is -4.18. The van der Waals surface area contributed by atoms with Gasteiger partial charge in [0.15, 0.2) is 0 Å². The Labute approximate surface area is 247 Å². The Morgan fingerprint density at radius 2 is 1.69 bits per heavy atom. The molecule has 4 rings (SSSR count). The van der Waals surface area contributed by atoms with Gasteiger partial charge in [-0.15, -0.1) is 0 Å². The maximum absolute atomic E-state index is 13.5. The molecule has 0 aromatic heterocycles. The molecule has 1 saturated heterocycles. The molecule has 2 aromatic rings. The summed E-state index contributed by atoms with van der Waals surface area (Å²) in [5.41, 5.74) is 1.65. The lowest BCUT2D eigenvalue weighted by atomic mass is 9.74. The predicted octanol–water partition coefficient (Wildman–Crippen LogP) is 2.66. The molecule has 4 N–H and O–H groups in total. The van der Waals surface area contributed by atoms with Gasteiger partial charge < -0.3 is 26.0 Å². The first-order valence-electron chi connectivity index (χ1n) is 14.7. The lowest BCUT2D eigenvalue weighted by molar-refractivity contribution is -0.134. The highest BCUT2D eigenvalue weighted by molar-refractivity contribution is 5.97. The number of ether oxygens (including phenoxy) is 1. The topological polar surface area (TPSA) is 129 Å². The monoisotopic (exact) mass is 575 g/mol. The molecule has 42 heavy (non-hydrogen) atoms. The fourth-order valence-electron chi connectivity index (χ4n) is 5.35. The molecule has 1 fully saturated rings. The van der Waals surface area contributed by atoms with E-state index in [9.17, 15) is 19.2 Å². The van der Waals surface area contributed by atoms with Gasteiger partial charge in [-0.2, -0.15) is 0 Å². The van der Waals surface area contributed by atoms with Crippen molar-refractivity contribution in [1.29, 1.82) is 0 Å². The molecule has 10 nitrogen and oxygen atoms in total. The number of piperidine rings is 1. The molecule has 1 spiro atoms. The van der Waals surface area contributed by atoms with Gasteiger partial charge in [-0.25, -0.2) is 0 Å². The highest BCUT2D eigenvalue weighted by atomic mass is 16.5. The predicted molar refractivity (Wildman–Crippen MR) is 161 cm³/mol. The number of fused-ring (bicyclic) bond motifs is 1. The van der Waals surface area contributed by atoms with Crippen molar-refractivity contribution in [3.8, 4) is 5.75 Å². The Kier molecular flexibility index (Phi) is 11.1. The van der Waals surface area contributed by atoms with Gasteiger partial charge in [0.25, 0.3) is 5.91 Å². The van der Waals surface area contributed by atoms with Crippen LogP contribution in [0.5, 0.6) is 5.75 Å². The Morgan fingerprint density at radius 3 is 2.50 bits per heavy atom. The van der Waals surface area contributed by atoms with Gasteiger partial charge in [-0.3, -0.25) is 24.1 Å². The Morgan fingerprint density at radius 1 is 0.952 bits per heavy atom. The molecular formula is C32H41N5O5. The van der Waals surface area contributed by atoms with E-state index in [0.29, 0.717) is 63.2 Å². The summed E-state index contributed by atoms with van der Waals surface area (Å²) in [6, 6.07) is 14.8. The lowest BCUT2D eigenvalue weighted by Crippen LogP contribution is -2.50. The molecule has 10 heteroatoms. The van der Waals surface area contributed by atoms with E-state index in [-0.39, 0.29) is 43.3 Å². The molecule has 0 unspecified atom stereocenters. The van der Waals surface area contributed by atoms with Crippen molar-refractivity contribution in [2.75, 3.05) is 51.2 Å². The van der Waals surface area contributed by atoms with E-state index in [1.54, 1.807) is 30.3 Å². The molecule has 2 heterocycles. The molecule has 0 radical (unpaired) electrons. The third-order valence-electron chi connectivity index (χ3n) is 7.83. The molecule has 0 atom stereocenters. The van der Waals surface area contributed by atoms with Crippen LogP contribution in [-0.2, 0) is 20.8 Å². The average molecular weight is 576 g/mol. The number of hydrogen-bond donors (Lipinski definition) is 4. The zero-order valence-electron chi connectivity index (χ0n) is 24.2. The Bertz CT molecular complexity index is 1290. The van der Waals surface area contributed by atoms with E-state index in [2.05, 4.69) is 33.1 Å². The van der Waals surface area contributed by atoms with Gasteiger partial charge in [0.1, 0.15) is 12.4 Å². The number of anilines is 1. The first-order valence-corrected chi connectivity index (χ1v) is 14.7. The number of rotatable bonds is 4. The van der Waals surface area contributed by atoms with E-state index in [4.69, 9.17) is 4.74 Å². The second-order valence-electron chi connectivity index (χ2n) is 10.7. The number of amides is 4. The fourth-order valence-corrected chi connectivity index (χ4v) is 5.35. The molecular weight excluding hydrogens is 534 g/mol. The second-order valence-corrected chi connectivity index (χ2v) is 10.7. The summed E-state index contributed by atoms with van der Waals surface area (Å²) >= 11 is 0. The highest BCUT2D eigenvalue weighted by Gasteiger charge is 2.40. The number of hydrogen-bond acceptors (Lipinski definition) is 6. The van der Waals surface area contributed by atoms with Crippen LogP contribution in [-0.4, -0.2) is 74.4 Å². The van der Waals surface area contributed by atoms with Crippen LogP contribution in [0.3, 0.4) is 0 Å². The van der Waals surface area contributed by atoms with E-state index in [1.165, 1.54) is 6.08 Å². The Balaban J connectivity index is 1.37. The van der Waals surface area contributed by atoms with Crippen molar-refractivity contribution in [2.24, 2.45) is 5.41 Å². The van der Waals surface area contributed by atoms with Gasteiger partial charge >= 0.3 is 0 Å². The number of likely N-dealkylation sites (tertiary alicyclic amines) is 1. The summed E-state index contributed by atoms with van der Waals surface area (Å²) in [4.78, 5) is 53.5. The van der Waals surface area contributed by atoms with Gasteiger partial charge in [0, 0.05) is 18.8 Å². The van der Waals surface area contributed by atoms with E-state index in [0.717, 1.165) is 17.7 Å². The van der Waals surface area contributed by atoms with Gasteiger partial charge in [-0.1, -0.05) is 43.3 Å². The van der Waals surface area contributed by atoms with Crippen molar-refractivity contribution in [3.05, 3.63) is 71.8 Å². The SMILES string of the molecule is CCc1ccccc1NC(=O)CN1CCC2(C/C=C/C(=O)NCCOc3ccccc3C(=O)NCCCNC2=O)CC1. The molecule has 224 valence electrons. The zero-order valence-corrected chi connectivity index (χ0v) is 24.2. The largest absolute Gasteiger partial charge is 0.491 e. The van der Waals surface area contributed by atoms with Crippen LogP contribution in [0.4, 0.5) is 5.69 Å². The maximum atomic E-state index is 13.5. The van der Waals surface area contributed by atoms with Crippen molar-refractivity contribution in [1.82, 2.24) is 20.9 Å². The van der Waals surface area contributed by atoms with Crippen molar-refractivity contribution in [2.45, 2.75) is 39.0 Å². The fraction of sp³-hybridized carbons (Fsp3) is 0.438. The van der Waals surface area contributed by atoms with Crippen LogP contribution in [0.2, 0.25) is 0 Å². The number of nitrogens with zero attached hydrogens (tertiary/aromatic N) is 1. The van der Waals surface area contributed by atoms with Crippen LogP contribution in [0, 0.1) is 5.41 Å². The standard InChI is InChI=1S/C32H41N5O5/c1-2-24-9-3-5-11-26(24)36-29(39)23-37-20-15-32(16-21-37)14-7-13-28(38)33-19-22-42-27-12-6-4-10-25(27)30(40)34-17-8-18-35-31(32)41/h3-7,9-13H,2,8,14-23H2,1H3,(H,33,38)(H,34,40)(H,35,41)(H,36,39)/b13-7+. The van der Waals surface area contributed by atoms with E-state index in [1.807, 2.05) is 24.3 Å². The third kappa shape index (κ3) is 8.42. The van der Waals surface area contributed by atoms with Crippen molar-refractivity contribution >= 4 is 29.3 Å². The number of carbonyl (C=O) groups excluding carboxylic acids is 4. The zero-order chi connectivity index (χ0) is 29.8. The molecule has 2 aliphatic heterocycles. The normalized spacial score (nSPS) is 19.6. The summed E-state index contributed by atoms with van der Waals surface area (Å²) < 4.78 is 5.75. The van der Waals surface area contributed by atoms with Gasteiger partial charge in [0.05, 0.1) is 24.1 Å². The van der Waals surface area contributed by atoms with Crippen LogP contribution >= 0.6 is 0 Å². The molecule has 4 amide bonds. The molecule has 0 bridgehead atoms. The third-order valence-corrected chi connectivity index (χ3v) is 7.83. The number of carbonyl (C=O) groups is 4. The van der Waals surface area contributed by atoms with E-state index >= 15 is 0 Å². The lowest BCUT2D eigenvalue weighted by Gasteiger charge is -2.40. The number of allylic oxidation sites excluding steroid dienone is 1. The summed E-state index contributed by atoms with van der Waals surface area (Å²) in [5.74, 6) is -0.226. The number of para-hydroxylation sites is 2. The average Bonchev–Trinajstić information content (AvgIpc) is 3.00. The van der Waals surface area contributed by atoms with E-state index < -0.39 is 5.41 Å². The minimum absolute atomic E-state index is 0.0697. The smallest absolute Gasteiger partial charge is 0.255 e. The highest BCUT2D eigenvalue weighted by Crippen LogP contribution is 2.36. The summed E-state index contributed by atoms with van der Waals surface area (Å²) in [7, 11) is 0. The summed E-state index contributed by atoms with van der Waals surface area (Å²) in [6.45, 7) is 4.77. The molecule has 0 saturated carbocycles. The first-order chi connectivity index (χ1) is 20.4. The quantitative estimate of drug-likeness (QED) is 0.444. The van der Waals surface area contributed by atoms with Crippen LogP contribution < -0.4 is 26.0 Å². The van der Waals surface area contributed by atoms with Gasteiger partial charge in [-0.05, 0) is 75.0 Å². The van der Waals surface area contributed by atoms with Crippen LogP contribution in [0.1, 0.15) is 48.5 Å². The summed E-state index contributed by atoms with van der Waals surface area (Å²) in [6.07, 6.45) is 6.16. The first kappa shape index (κ1) is 30.8.